The Labute approximate surface area is 236 Å². The Morgan fingerprint density at radius 1 is 1.02 bits per heavy atom. The lowest BCUT2D eigenvalue weighted by Crippen LogP contribution is -2.34. The van der Waals surface area contributed by atoms with Gasteiger partial charge in [0.1, 0.15) is 6.10 Å². The number of benzene rings is 1. The minimum absolute atomic E-state index is 0.0992. The average Bonchev–Trinajstić information content (AvgIpc) is 3.29. The zero-order chi connectivity index (χ0) is 30.0. The lowest BCUT2D eigenvalue weighted by Gasteiger charge is -2.22. The predicted molar refractivity (Wildman–Crippen MR) is 138 cm³/mol. The van der Waals surface area contributed by atoms with Gasteiger partial charge in [-0.1, -0.05) is 0 Å². The fourth-order valence-electron chi connectivity index (χ4n) is 5.12. The first-order valence-corrected chi connectivity index (χ1v) is 13.0. The van der Waals surface area contributed by atoms with E-state index in [-0.39, 0.29) is 42.9 Å². The van der Waals surface area contributed by atoms with Crippen molar-refractivity contribution >= 4 is 5.91 Å². The van der Waals surface area contributed by atoms with E-state index in [2.05, 4.69) is 20.1 Å². The zero-order valence-electron chi connectivity index (χ0n) is 22.3. The summed E-state index contributed by atoms with van der Waals surface area (Å²) >= 11 is 0. The van der Waals surface area contributed by atoms with Crippen LogP contribution in [0, 0.1) is 23.5 Å². The van der Waals surface area contributed by atoms with E-state index >= 15 is 0 Å². The molecule has 1 aromatic carbocycles. The third kappa shape index (κ3) is 5.17. The van der Waals surface area contributed by atoms with E-state index in [1.54, 1.807) is 26.0 Å². The van der Waals surface area contributed by atoms with Crippen LogP contribution in [0.15, 0.2) is 55.0 Å². The van der Waals surface area contributed by atoms with E-state index in [1.807, 2.05) is 0 Å². The van der Waals surface area contributed by atoms with Crippen molar-refractivity contribution in [3.05, 3.63) is 83.4 Å². The highest BCUT2D eigenvalue weighted by Crippen LogP contribution is 2.48. The molecular formula is C28H24F5N7O2. The van der Waals surface area contributed by atoms with Crippen molar-refractivity contribution in [3.63, 3.8) is 0 Å². The van der Waals surface area contributed by atoms with E-state index in [1.165, 1.54) is 29.4 Å². The maximum Gasteiger partial charge on any atom is 0.435 e. The van der Waals surface area contributed by atoms with E-state index in [4.69, 9.17) is 10.5 Å². The number of amides is 1. The summed E-state index contributed by atoms with van der Waals surface area (Å²) in [6.07, 6.45) is -1.50. The topological polar surface area (TPSA) is 112 Å². The van der Waals surface area contributed by atoms with Crippen LogP contribution in [-0.4, -0.2) is 54.7 Å². The number of halogens is 5. The number of carbonyl (C=O) groups excluding carboxylic acids is 1. The van der Waals surface area contributed by atoms with E-state index < -0.39 is 40.5 Å². The molecule has 218 valence electrons. The molecule has 0 bridgehead atoms. The molecule has 4 aromatic rings. The average molecular weight is 586 g/mol. The highest BCUT2D eigenvalue weighted by atomic mass is 19.4. The van der Waals surface area contributed by atoms with Crippen molar-refractivity contribution in [3.8, 4) is 23.1 Å². The normalized spacial score (nSPS) is 20.0. The minimum atomic E-state index is -4.86. The van der Waals surface area contributed by atoms with E-state index in [9.17, 15) is 26.7 Å². The van der Waals surface area contributed by atoms with Crippen LogP contribution in [0.1, 0.15) is 35.5 Å². The molecule has 6 rings (SSSR count). The summed E-state index contributed by atoms with van der Waals surface area (Å²) in [6.45, 7) is 3.91. The third-order valence-electron chi connectivity index (χ3n) is 7.39. The molecule has 1 saturated carbocycles. The highest BCUT2D eigenvalue weighted by Gasteiger charge is 2.59. The van der Waals surface area contributed by atoms with Crippen LogP contribution in [0.4, 0.5) is 22.0 Å². The maximum absolute atomic E-state index is 13.9. The Balaban J connectivity index is 1.20. The molecule has 0 radical (unpaired) electrons. The van der Waals surface area contributed by atoms with Gasteiger partial charge in [0, 0.05) is 60.7 Å². The molecule has 3 aromatic heterocycles. The number of nitrogens with zero attached hydrogens (tertiary/aromatic N) is 6. The molecule has 42 heavy (non-hydrogen) atoms. The first-order chi connectivity index (χ1) is 19.8. The largest absolute Gasteiger partial charge is 0.474 e. The van der Waals surface area contributed by atoms with Gasteiger partial charge in [-0.3, -0.25) is 4.79 Å². The summed E-state index contributed by atoms with van der Waals surface area (Å²) in [6, 6.07) is 8.28. The van der Waals surface area contributed by atoms with Crippen molar-refractivity contribution in [1.82, 2.24) is 29.6 Å². The van der Waals surface area contributed by atoms with Crippen molar-refractivity contribution in [2.45, 2.75) is 31.7 Å². The van der Waals surface area contributed by atoms with Crippen LogP contribution in [0.25, 0.3) is 17.2 Å². The molecule has 1 amide bonds. The molecule has 2 N–H and O–H groups in total. The number of piperidine rings is 1. The fourth-order valence-corrected chi connectivity index (χ4v) is 5.12. The lowest BCUT2D eigenvalue weighted by molar-refractivity contribution is -0.141. The molecule has 4 heterocycles. The van der Waals surface area contributed by atoms with Crippen molar-refractivity contribution < 1.29 is 31.5 Å². The minimum Gasteiger partial charge on any atom is -0.474 e. The van der Waals surface area contributed by atoms with Crippen LogP contribution in [0.5, 0.6) is 5.88 Å². The van der Waals surface area contributed by atoms with Gasteiger partial charge < -0.3 is 15.4 Å². The predicted octanol–water partition coefficient (Wildman–Crippen LogP) is 4.36. The molecular weight excluding hydrogens is 561 g/mol. The fraction of sp³-hybridized carbons (Fsp3) is 0.321. The van der Waals surface area contributed by atoms with Gasteiger partial charge in [-0.25, -0.2) is 28.4 Å². The number of alkyl halides is 3. The van der Waals surface area contributed by atoms with Gasteiger partial charge in [0.15, 0.2) is 17.3 Å². The number of likely N-dealkylation sites (tertiary alicyclic amines) is 1. The molecule has 1 aliphatic carbocycles. The van der Waals surface area contributed by atoms with Crippen LogP contribution >= 0.6 is 0 Å². The number of nitrogens with two attached hydrogens (primary N) is 1. The maximum atomic E-state index is 13.9. The van der Waals surface area contributed by atoms with Gasteiger partial charge in [-0.15, -0.1) is 0 Å². The Morgan fingerprint density at radius 2 is 1.71 bits per heavy atom. The second kappa shape index (κ2) is 9.82. The van der Waals surface area contributed by atoms with Gasteiger partial charge in [-0.05, 0) is 49.7 Å². The van der Waals surface area contributed by atoms with Crippen molar-refractivity contribution in [2.75, 3.05) is 13.1 Å². The van der Waals surface area contributed by atoms with E-state index in [0.29, 0.717) is 16.8 Å². The summed E-state index contributed by atoms with van der Waals surface area (Å²) in [7, 11) is 0. The summed E-state index contributed by atoms with van der Waals surface area (Å²) < 4.78 is 75.7. The summed E-state index contributed by atoms with van der Waals surface area (Å²) in [5.41, 5.74) is 4.90. The van der Waals surface area contributed by atoms with Gasteiger partial charge in [0.2, 0.25) is 11.8 Å². The lowest BCUT2D eigenvalue weighted by atomic mass is 9.95. The number of aromatic nitrogens is 5. The number of hydrogen-bond acceptors (Lipinski definition) is 7. The quantitative estimate of drug-likeness (QED) is 0.335. The van der Waals surface area contributed by atoms with Crippen molar-refractivity contribution in [2.24, 2.45) is 17.6 Å². The monoisotopic (exact) mass is 585 g/mol. The molecule has 2 aliphatic rings. The number of ether oxygens (including phenoxy) is 1. The van der Waals surface area contributed by atoms with Crippen LogP contribution in [0.2, 0.25) is 0 Å². The number of fused-ring (bicyclic) bond motifs is 1. The second-order valence-electron chi connectivity index (χ2n) is 10.9. The first kappa shape index (κ1) is 27.7. The second-order valence-corrected chi connectivity index (χ2v) is 10.9. The van der Waals surface area contributed by atoms with Gasteiger partial charge >= 0.3 is 6.18 Å². The third-order valence-corrected chi connectivity index (χ3v) is 7.39. The molecule has 0 unspecified atom stereocenters. The van der Waals surface area contributed by atoms with Crippen LogP contribution in [0.3, 0.4) is 0 Å². The standard InChI is InChI=1S/C28H24F5N7O2/c1-27(2,34)15-9-21(14-4-5-19(29)20(30)8-14)37-22(10-15)42-23-16-11-39(12-17(16)23)25(41)18-13-40(26-35-6-3-7-36-26)38-24(18)28(31,32)33/h3-10,13,16-17,23H,11-12,34H2,1-2H3/t16-,17+,23-. The summed E-state index contributed by atoms with van der Waals surface area (Å²) in [5, 5.41) is 3.55. The Bertz CT molecular complexity index is 1660. The number of rotatable bonds is 6. The molecule has 1 aliphatic heterocycles. The first-order valence-electron chi connectivity index (χ1n) is 13.0. The molecule has 2 fully saturated rings. The Hall–Kier alpha value is -4.46. The van der Waals surface area contributed by atoms with Gasteiger partial charge in [0.25, 0.3) is 5.91 Å². The summed E-state index contributed by atoms with van der Waals surface area (Å²) in [5.74, 6) is -2.95. The Morgan fingerprint density at radius 3 is 2.33 bits per heavy atom. The van der Waals surface area contributed by atoms with Crippen LogP contribution < -0.4 is 10.5 Å². The van der Waals surface area contributed by atoms with Gasteiger partial charge in [0.05, 0.1) is 11.3 Å². The van der Waals surface area contributed by atoms with E-state index in [0.717, 1.165) is 23.0 Å². The Kier molecular flexibility index (Phi) is 6.48. The highest BCUT2D eigenvalue weighted by molar-refractivity contribution is 5.95. The van der Waals surface area contributed by atoms with Crippen molar-refractivity contribution in [1.29, 1.82) is 0 Å². The summed E-state index contributed by atoms with van der Waals surface area (Å²) in [4.78, 5) is 26.8. The molecule has 1 saturated heterocycles. The zero-order valence-corrected chi connectivity index (χ0v) is 22.3. The molecule has 3 atom stereocenters. The number of carbonyl (C=O) groups is 1. The smallest absolute Gasteiger partial charge is 0.435 e. The molecule has 9 nitrogen and oxygen atoms in total. The van der Waals surface area contributed by atoms with Gasteiger partial charge in [-0.2, -0.15) is 18.3 Å². The SMILES string of the molecule is CC(C)(N)c1cc(O[C@@H]2[C@@H]3CN(C(=O)c4cn(-c5ncccn5)nc4C(F)(F)F)C[C@@H]32)nc(-c2ccc(F)c(F)c2)c1. The number of pyridine rings is 1. The molecule has 14 heteroatoms. The molecule has 0 spiro atoms. The number of hydrogen-bond donors (Lipinski definition) is 1. The van der Waals surface area contributed by atoms with Crippen LogP contribution in [-0.2, 0) is 11.7 Å².